The van der Waals surface area contributed by atoms with Crippen LogP contribution in [-0.4, -0.2) is 17.0 Å². The Balaban J connectivity index is 1.92. The third-order valence-electron chi connectivity index (χ3n) is 4.90. The number of aliphatic carboxylic acids is 1. The molecule has 1 aromatic carbocycles. The summed E-state index contributed by atoms with van der Waals surface area (Å²) in [6, 6.07) is 0.744. The van der Waals surface area contributed by atoms with Gasteiger partial charge in [-0.2, -0.15) is 26.3 Å². The first-order valence-corrected chi connectivity index (χ1v) is 7.89. The van der Waals surface area contributed by atoms with Gasteiger partial charge in [0.15, 0.2) is 0 Å². The molecule has 10 heteroatoms. The number of nitrogens with one attached hydrogen (secondary N) is 1. The second-order valence-electron chi connectivity index (χ2n) is 6.62. The molecule has 1 amide bonds. The van der Waals surface area contributed by atoms with E-state index in [0.29, 0.717) is 18.6 Å². The van der Waals surface area contributed by atoms with Crippen LogP contribution >= 0.6 is 0 Å². The first-order chi connectivity index (χ1) is 12.4. The Hall–Kier alpha value is -2.52. The number of anilines is 1. The Morgan fingerprint density at radius 1 is 0.889 bits per heavy atom. The topological polar surface area (TPSA) is 66.4 Å². The predicted molar refractivity (Wildman–Crippen MR) is 80.4 cm³/mol. The Morgan fingerprint density at radius 3 is 1.81 bits per heavy atom. The average Bonchev–Trinajstić information content (AvgIpc) is 3.13. The van der Waals surface area contributed by atoms with Gasteiger partial charge in [0.1, 0.15) is 0 Å². The van der Waals surface area contributed by atoms with Crippen molar-refractivity contribution in [1.82, 2.24) is 0 Å². The number of allylic oxidation sites excluding steroid dienone is 2. The molecule has 0 spiro atoms. The van der Waals surface area contributed by atoms with E-state index in [1.54, 1.807) is 12.2 Å². The van der Waals surface area contributed by atoms with E-state index >= 15 is 0 Å². The van der Waals surface area contributed by atoms with Crippen LogP contribution in [0.2, 0.25) is 0 Å². The van der Waals surface area contributed by atoms with Crippen LogP contribution in [-0.2, 0) is 21.9 Å². The lowest BCUT2D eigenvalue weighted by atomic mass is 9.82. The number of halogens is 6. The quantitative estimate of drug-likeness (QED) is 0.598. The van der Waals surface area contributed by atoms with E-state index in [1.165, 1.54) is 0 Å². The third kappa shape index (κ3) is 3.65. The Bertz CT molecular complexity index is 782. The number of alkyl halides is 6. The molecule has 2 aliphatic carbocycles. The van der Waals surface area contributed by atoms with Crippen LogP contribution < -0.4 is 5.32 Å². The van der Waals surface area contributed by atoms with Gasteiger partial charge in [0.05, 0.1) is 23.0 Å². The zero-order valence-corrected chi connectivity index (χ0v) is 13.4. The van der Waals surface area contributed by atoms with Crippen molar-refractivity contribution in [3.63, 3.8) is 0 Å². The molecule has 2 bridgehead atoms. The van der Waals surface area contributed by atoms with Gasteiger partial charge < -0.3 is 10.4 Å². The molecule has 0 radical (unpaired) electrons. The number of carboxylic acids is 1. The normalized spacial score (nSPS) is 27.0. The third-order valence-corrected chi connectivity index (χ3v) is 4.90. The highest BCUT2D eigenvalue weighted by molar-refractivity contribution is 5.96. The molecule has 1 saturated carbocycles. The number of hydrogen-bond acceptors (Lipinski definition) is 2. The molecule has 4 atom stereocenters. The highest BCUT2D eigenvalue weighted by atomic mass is 19.4. The molecule has 4 unspecified atom stereocenters. The van der Waals surface area contributed by atoms with Gasteiger partial charge in [-0.25, -0.2) is 0 Å². The summed E-state index contributed by atoms with van der Waals surface area (Å²) in [7, 11) is 0. The minimum absolute atomic E-state index is 0.0457. The maximum atomic E-state index is 12.9. The summed E-state index contributed by atoms with van der Waals surface area (Å²) in [5, 5.41) is 11.4. The second-order valence-corrected chi connectivity index (χ2v) is 6.62. The summed E-state index contributed by atoms with van der Waals surface area (Å²) in [5.41, 5.74) is -3.80. The number of carboxylic acid groups (broad SMARTS) is 1. The Kier molecular flexibility index (Phi) is 4.47. The first kappa shape index (κ1) is 19.2. The monoisotopic (exact) mass is 393 g/mol. The molecule has 1 aromatic rings. The molecule has 0 saturated heterocycles. The number of amides is 1. The van der Waals surface area contributed by atoms with Gasteiger partial charge in [0.2, 0.25) is 5.91 Å². The fraction of sp³-hybridized carbons (Fsp3) is 0.412. The molecule has 0 aliphatic heterocycles. The summed E-state index contributed by atoms with van der Waals surface area (Å²) < 4.78 is 77.4. The number of fused-ring (bicyclic) bond motifs is 2. The van der Waals surface area contributed by atoms with Crippen LogP contribution in [0.5, 0.6) is 0 Å². The summed E-state index contributed by atoms with van der Waals surface area (Å²) in [6.45, 7) is 0. The largest absolute Gasteiger partial charge is 0.481 e. The van der Waals surface area contributed by atoms with Crippen LogP contribution in [0.1, 0.15) is 17.5 Å². The summed E-state index contributed by atoms with van der Waals surface area (Å²) in [5.74, 6) is -5.05. The average molecular weight is 393 g/mol. The van der Waals surface area contributed by atoms with E-state index < -0.39 is 58.8 Å². The van der Waals surface area contributed by atoms with Crippen LogP contribution in [0.15, 0.2) is 30.4 Å². The SMILES string of the molecule is O=C(O)C1C2C=CC(C2)C1C(=O)Nc1cc(C(F)(F)F)cc(C(F)(F)F)c1. The maximum absolute atomic E-state index is 12.9. The van der Waals surface area contributed by atoms with Gasteiger partial charge in [-0.15, -0.1) is 0 Å². The molecule has 2 N–H and O–H groups in total. The lowest BCUT2D eigenvalue weighted by Gasteiger charge is -2.24. The molecule has 0 aromatic heterocycles. The minimum atomic E-state index is -5.04. The van der Waals surface area contributed by atoms with Gasteiger partial charge in [0, 0.05) is 5.69 Å². The number of benzene rings is 1. The van der Waals surface area contributed by atoms with Crippen LogP contribution in [0.25, 0.3) is 0 Å². The fourth-order valence-corrected chi connectivity index (χ4v) is 3.77. The highest BCUT2D eigenvalue weighted by Crippen LogP contribution is 2.48. The van der Waals surface area contributed by atoms with E-state index in [4.69, 9.17) is 0 Å². The molecule has 2 aliphatic rings. The molecule has 0 heterocycles. The fourth-order valence-electron chi connectivity index (χ4n) is 3.77. The van der Waals surface area contributed by atoms with E-state index in [1.807, 2.05) is 5.32 Å². The van der Waals surface area contributed by atoms with Crippen molar-refractivity contribution in [2.24, 2.45) is 23.7 Å². The summed E-state index contributed by atoms with van der Waals surface area (Å²) >= 11 is 0. The van der Waals surface area contributed by atoms with E-state index in [2.05, 4.69) is 0 Å². The smallest absolute Gasteiger partial charge is 0.416 e. The molecule has 146 valence electrons. The van der Waals surface area contributed by atoms with E-state index in [-0.39, 0.29) is 12.0 Å². The van der Waals surface area contributed by atoms with Crippen molar-refractivity contribution < 1.29 is 41.0 Å². The number of carbonyl (C=O) groups excluding carboxylic acids is 1. The van der Waals surface area contributed by atoms with Crippen molar-refractivity contribution in [3.05, 3.63) is 41.5 Å². The van der Waals surface area contributed by atoms with Crippen molar-refractivity contribution >= 4 is 17.6 Å². The first-order valence-electron chi connectivity index (χ1n) is 7.89. The summed E-state index contributed by atoms with van der Waals surface area (Å²) in [6.07, 6.45) is -6.36. The van der Waals surface area contributed by atoms with Gasteiger partial charge >= 0.3 is 18.3 Å². The lowest BCUT2D eigenvalue weighted by Crippen LogP contribution is -2.36. The molecular weight excluding hydrogens is 380 g/mol. The standard InChI is InChI=1S/C17H13F6NO3/c18-16(19,20)9-4-10(17(21,22)23)6-11(5-9)24-14(25)12-7-1-2-8(3-7)13(12)15(26)27/h1-2,4-8,12-13H,3H2,(H,24,25)(H,26,27). The molecule has 4 nitrogen and oxygen atoms in total. The molecule has 27 heavy (non-hydrogen) atoms. The summed E-state index contributed by atoms with van der Waals surface area (Å²) in [4.78, 5) is 23.9. The second kappa shape index (κ2) is 6.28. The van der Waals surface area contributed by atoms with Gasteiger partial charge in [-0.3, -0.25) is 9.59 Å². The number of carbonyl (C=O) groups is 2. The Morgan fingerprint density at radius 2 is 1.37 bits per heavy atom. The molecular formula is C17H13F6NO3. The van der Waals surface area contributed by atoms with Crippen molar-refractivity contribution in [2.75, 3.05) is 5.32 Å². The van der Waals surface area contributed by atoms with Crippen molar-refractivity contribution in [1.29, 1.82) is 0 Å². The van der Waals surface area contributed by atoms with Gasteiger partial charge in [0.25, 0.3) is 0 Å². The lowest BCUT2D eigenvalue weighted by molar-refractivity contribution is -0.146. The van der Waals surface area contributed by atoms with E-state index in [9.17, 15) is 41.0 Å². The zero-order valence-electron chi connectivity index (χ0n) is 13.4. The number of hydrogen-bond donors (Lipinski definition) is 2. The molecule has 1 fully saturated rings. The molecule has 3 rings (SSSR count). The zero-order chi connectivity index (χ0) is 20.1. The van der Waals surface area contributed by atoms with Crippen molar-refractivity contribution in [2.45, 2.75) is 18.8 Å². The number of rotatable bonds is 3. The predicted octanol–water partition coefficient (Wildman–Crippen LogP) is 4.19. The van der Waals surface area contributed by atoms with Gasteiger partial charge in [-0.05, 0) is 36.5 Å². The van der Waals surface area contributed by atoms with Crippen LogP contribution in [0, 0.1) is 23.7 Å². The van der Waals surface area contributed by atoms with Crippen LogP contribution in [0.3, 0.4) is 0 Å². The maximum Gasteiger partial charge on any atom is 0.416 e. The van der Waals surface area contributed by atoms with Crippen molar-refractivity contribution in [3.8, 4) is 0 Å². The van der Waals surface area contributed by atoms with Crippen LogP contribution in [0.4, 0.5) is 32.0 Å². The van der Waals surface area contributed by atoms with Gasteiger partial charge in [-0.1, -0.05) is 12.2 Å². The van der Waals surface area contributed by atoms with E-state index in [0.717, 1.165) is 0 Å². The minimum Gasteiger partial charge on any atom is -0.481 e. The Labute approximate surface area is 148 Å². The highest BCUT2D eigenvalue weighted by Gasteiger charge is 2.51.